The van der Waals surface area contributed by atoms with Gasteiger partial charge in [0.05, 0.1) is 16.7 Å². The van der Waals surface area contributed by atoms with Crippen LogP contribution < -0.4 is 10.1 Å². The lowest BCUT2D eigenvalue weighted by Crippen LogP contribution is -2.20. The highest BCUT2D eigenvalue weighted by atomic mass is 35.5. The van der Waals surface area contributed by atoms with E-state index in [-0.39, 0.29) is 18.0 Å². The van der Waals surface area contributed by atoms with Crippen LogP contribution in [0.2, 0.25) is 5.02 Å². The van der Waals surface area contributed by atoms with Gasteiger partial charge in [-0.1, -0.05) is 29.8 Å². The summed E-state index contributed by atoms with van der Waals surface area (Å²) < 4.78 is 5.31. The van der Waals surface area contributed by atoms with Crippen molar-refractivity contribution in [1.82, 2.24) is 4.98 Å². The third-order valence-corrected chi connectivity index (χ3v) is 4.70. The molecule has 1 amide bonds. The number of aryl methyl sites for hydroxylation is 1. The zero-order chi connectivity index (χ0) is 19.4. The van der Waals surface area contributed by atoms with Crippen LogP contribution in [0, 0.1) is 17.0 Å². The summed E-state index contributed by atoms with van der Waals surface area (Å²) >= 11 is 7.25. The fourth-order valence-electron chi connectivity index (χ4n) is 2.32. The smallest absolute Gasteiger partial charge is 0.273 e. The van der Waals surface area contributed by atoms with E-state index in [1.165, 1.54) is 29.5 Å². The number of ether oxygens (including phenoxy) is 1. The molecular formula is C18H14ClN3O4S. The van der Waals surface area contributed by atoms with Gasteiger partial charge in [0, 0.05) is 21.5 Å². The van der Waals surface area contributed by atoms with Gasteiger partial charge < -0.3 is 4.74 Å². The van der Waals surface area contributed by atoms with E-state index in [0.29, 0.717) is 10.2 Å². The Morgan fingerprint density at radius 1 is 1.30 bits per heavy atom. The molecule has 0 unspecified atom stereocenters. The van der Waals surface area contributed by atoms with Crippen LogP contribution in [0.15, 0.2) is 48.5 Å². The van der Waals surface area contributed by atoms with E-state index in [1.807, 2.05) is 19.1 Å². The maximum Gasteiger partial charge on any atom is 0.273 e. The first-order chi connectivity index (χ1) is 12.9. The lowest BCUT2D eigenvalue weighted by Gasteiger charge is -2.05. The van der Waals surface area contributed by atoms with Crippen molar-refractivity contribution in [3.63, 3.8) is 0 Å². The molecule has 0 saturated heterocycles. The molecule has 1 heterocycles. The number of aromatic nitrogens is 1. The average Bonchev–Trinajstić information content (AvgIpc) is 3.01. The van der Waals surface area contributed by atoms with Crippen LogP contribution in [0.4, 0.5) is 10.8 Å². The van der Waals surface area contributed by atoms with E-state index in [0.717, 1.165) is 16.1 Å². The molecule has 0 spiro atoms. The molecule has 2 aromatic carbocycles. The number of rotatable bonds is 6. The summed E-state index contributed by atoms with van der Waals surface area (Å²) in [5.41, 5.74) is 1.57. The summed E-state index contributed by atoms with van der Waals surface area (Å²) in [6, 6.07) is 12.9. The lowest BCUT2D eigenvalue weighted by atomic mass is 10.1. The number of amides is 1. The third kappa shape index (κ3) is 4.81. The zero-order valence-corrected chi connectivity index (χ0v) is 15.7. The van der Waals surface area contributed by atoms with Gasteiger partial charge in [-0.2, -0.15) is 0 Å². The number of anilines is 1. The summed E-state index contributed by atoms with van der Waals surface area (Å²) in [6.45, 7) is 1.63. The molecule has 0 radical (unpaired) electrons. The highest BCUT2D eigenvalue weighted by Gasteiger charge is 2.13. The second kappa shape index (κ2) is 8.15. The van der Waals surface area contributed by atoms with Crippen LogP contribution in [0.1, 0.15) is 4.88 Å². The number of nitrogens with one attached hydrogen (secondary N) is 1. The Morgan fingerprint density at radius 2 is 2.04 bits per heavy atom. The SMILES string of the molecule is Cc1sc(NC(=O)COc2cccc([N+](=O)[O-])c2)nc1-c1ccc(Cl)cc1. The minimum atomic E-state index is -0.524. The fraction of sp³-hybridized carbons (Fsp3) is 0.111. The summed E-state index contributed by atoms with van der Waals surface area (Å²) in [7, 11) is 0. The summed E-state index contributed by atoms with van der Waals surface area (Å²) in [6.07, 6.45) is 0. The first-order valence-corrected chi connectivity index (χ1v) is 9.02. The van der Waals surface area contributed by atoms with E-state index in [1.54, 1.807) is 18.2 Å². The number of halogens is 1. The fourth-order valence-corrected chi connectivity index (χ4v) is 3.29. The monoisotopic (exact) mass is 403 g/mol. The van der Waals surface area contributed by atoms with Gasteiger partial charge in [0.25, 0.3) is 11.6 Å². The van der Waals surface area contributed by atoms with Gasteiger partial charge in [-0.05, 0) is 25.1 Å². The van der Waals surface area contributed by atoms with Gasteiger partial charge in [-0.15, -0.1) is 11.3 Å². The Kier molecular flexibility index (Phi) is 5.68. The molecule has 0 bridgehead atoms. The first kappa shape index (κ1) is 18.8. The maximum absolute atomic E-state index is 12.1. The van der Waals surface area contributed by atoms with Crippen molar-refractivity contribution < 1.29 is 14.5 Å². The van der Waals surface area contributed by atoms with Crippen LogP contribution in [0.5, 0.6) is 5.75 Å². The highest BCUT2D eigenvalue weighted by molar-refractivity contribution is 7.16. The predicted octanol–water partition coefficient (Wildman–Crippen LogP) is 4.70. The Bertz CT molecular complexity index is 989. The predicted molar refractivity (Wildman–Crippen MR) is 105 cm³/mol. The number of carbonyl (C=O) groups excluding carboxylic acids is 1. The van der Waals surface area contributed by atoms with Gasteiger partial charge in [0.1, 0.15) is 5.75 Å². The van der Waals surface area contributed by atoms with Crippen LogP contribution >= 0.6 is 22.9 Å². The number of nitrogens with zero attached hydrogens (tertiary/aromatic N) is 2. The van der Waals surface area contributed by atoms with Crippen LogP contribution in [0.25, 0.3) is 11.3 Å². The number of nitro groups is 1. The minimum absolute atomic E-state index is 0.101. The standard InChI is InChI=1S/C18H14ClN3O4S/c1-11-17(12-5-7-13(19)8-6-12)21-18(27-11)20-16(23)10-26-15-4-2-3-14(9-15)22(24)25/h2-9H,10H2,1H3,(H,20,21,23). The number of hydrogen-bond donors (Lipinski definition) is 1. The largest absolute Gasteiger partial charge is 0.484 e. The minimum Gasteiger partial charge on any atom is -0.484 e. The molecule has 0 atom stereocenters. The lowest BCUT2D eigenvalue weighted by molar-refractivity contribution is -0.384. The van der Waals surface area contributed by atoms with Gasteiger partial charge >= 0.3 is 0 Å². The molecule has 3 rings (SSSR count). The quantitative estimate of drug-likeness (QED) is 0.475. The van der Waals surface area contributed by atoms with Crippen molar-refractivity contribution in [3.8, 4) is 17.0 Å². The highest BCUT2D eigenvalue weighted by Crippen LogP contribution is 2.31. The van der Waals surface area contributed by atoms with Crippen molar-refractivity contribution in [2.24, 2.45) is 0 Å². The molecular weight excluding hydrogens is 390 g/mol. The molecule has 3 aromatic rings. The molecule has 1 aromatic heterocycles. The van der Waals surface area contributed by atoms with Gasteiger partial charge in [0.15, 0.2) is 11.7 Å². The summed E-state index contributed by atoms with van der Waals surface area (Å²) in [5.74, 6) is -0.158. The molecule has 0 fully saturated rings. The van der Waals surface area contributed by atoms with Crippen LogP contribution in [0.3, 0.4) is 0 Å². The van der Waals surface area contributed by atoms with Gasteiger partial charge in [0.2, 0.25) is 0 Å². The summed E-state index contributed by atoms with van der Waals surface area (Å²) in [4.78, 5) is 27.7. The van der Waals surface area contributed by atoms with Crippen molar-refractivity contribution in [1.29, 1.82) is 0 Å². The Hall–Kier alpha value is -2.97. The Morgan fingerprint density at radius 3 is 2.74 bits per heavy atom. The van der Waals surface area contributed by atoms with Crippen molar-refractivity contribution in [2.45, 2.75) is 6.92 Å². The number of benzene rings is 2. The second-order valence-corrected chi connectivity index (χ2v) is 7.16. The Balaban J connectivity index is 1.63. The van der Waals surface area contributed by atoms with Crippen LogP contribution in [-0.2, 0) is 4.79 Å². The third-order valence-electron chi connectivity index (χ3n) is 3.56. The normalized spacial score (nSPS) is 10.4. The number of carbonyl (C=O) groups is 1. The van der Waals surface area contributed by atoms with Crippen molar-refractivity contribution in [3.05, 3.63) is 68.5 Å². The van der Waals surface area contributed by atoms with Gasteiger partial charge in [-0.3, -0.25) is 20.2 Å². The number of nitro benzene ring substituents is 1. The van der Waals surface area contributed by atoms with E-state index >= 15 is 0 Å². The van der Waals surface area contributed by atoms with Crippen LogP contribution in [-0.4, -0.2) is 22.4 Å². The molecule has 0 aliphatic carbocycles. The molecule has 7 nitrogen and oxygen atoms in total. The van der Waals surface area contributed by atoms with E-state index in [9.17, 15) is 14.9 Å². The molecule has 0 saturated carbocycles. The van der Waals surface area contributed by atoms with Gasteiger partial charge in [-0.25, -0.2) is 4.98 Å². The van der Waals surface area contributed by atoms with E-state index in [2.05, 4.69) is 10.3 Å². The molecule has 0 aliphatic heterocycles. The molecule has 0 aliphatic rings. The first-order valence-electron chi connectivity index (χ1n) is 7.83. The number of hydrogen-bond acceptors (Lipinski definition) is 6. The van der Waals surface area contributed by atoms with E-state index in [4.69, 9.17) is 16.3 Å². The number of thiazole rings is 1. The molecule has 9 heteroatoms. The van der Waals surface area contributed by atoms with Crippen molar-refractivity contribution in [2.75, 3.05) is 11.9 Å². The van der Waals surface area contributed by atoms with E-state index < -0.39 is 10.8 Å². The molecule has 27 heavy (non-hydrogen) atoms. The topological polar surface area (TPSA) is 94.4 Å². The molecule has 138 valence electrons. The van der Waals surface area contributed by atoms with Crippen molar-refractivity contribution >= 4 is 39.7 Å². The summed E-state index contributed by atoms with van der Waals surface area (Å²) in [5, 5.41) is 14.5. The Labute approximate surface area is 163 Å². The second-order valence-electron chi connectivity index (χ2n) is 5.52. The maximum atomic E-state index is 12.1. The average molecular weight is 404 g/mol. The molecule has 1 N–H and O–H groups in total. The number of non-ortho nitro benzene ring substituents is 1. The zero-order valence-electron chi connectivity index (χ0n) is 14.1.